The molecular weight excluding hydrogens is 342 g/mol. The molecule has 7 nitrogen and oxygen atoms in total. The van der Waals surface area contributed by atoms with Gasteiger partial charge in [0.15, 0.2) is 0 Å². The van der Waals surface area contributed by atoms with Crippen molar-refractivity contribution in [3.8, 4) is 11.1 Å². The van der Waals surface area contributed by atoms with E-state index in [0.717, 1.165) is 21.0 Å². The van der Waals surface area contributed by atoms with Crippen molar-refractivity contribution >= 4 is 33.4 Å². The Bertz CT molecular complexity index is 952. The third-order valence-electron chi connectivity index (χ3n) is 3.84. The first-order valence-electron chi connectivity index (χ1n) is 7.58. The minimum atomic E-state index is -3.84. The zero-order chi connectivity index (χ0) is 18.2. The van der Waals surface area contributed by atoms with E-state index in [1.807, 2.05) is 29.0 Å². The highest BCUT2D eigenvalue weighted by Gasteiger charge is 2.34. The van der Waals surface area contributed by atoms with Crippen LogP contribution in [0.1, 0.15) is 12.5 Å². The highest BCUT2D eigenvalue weighted by Crippen LogP contribution is 2.31. The van der Waals surface area contributed by atoms with Gasteiger partial charge in [-0.25, -0.2) is 9.03 Å². The van der Waals surface area contributed by atoms with Crippen molar-refractivity contribution in [1.29, 1.82) is 0 Å². The minimum Gasteiger partial charge on any atom is -0.326 e. The van der Waals surface area contributed by atoms with Gasteiger partial charge in [-0.1, -0.05) is 24.3 Å². The molecule has 2 aromatic rings. The van der Waals surface area contributed by atoms with Crippen LogP contribution in [-0.4, -0.2) is 26.8 Å². The van der Waals surface area contributed by atoms with E-state index in [1.54, 1.807) is 25.1 Å². The third-order valence-corrected chi connectivity index (χ3v) is 5.23. The molecule has 0 aliphatic carbocycles. The van der Waals surface area contributed by atoms with E-state index in [9.17, 15) is 18.0 Å². The van der Waals surface area contributed by atoms with E-state index >= 15 is 0 Å². The highest BCUT2D eigenvalue weighted by molar-refractivity contribution is 7.92. The number of benzene rings is 2. The number of carbonyl (C=O) groups excluding carboxylic acids is 2. The van der Waals surface area contributed by atoms with Gasteiger partial charge in [0.1, 0.15) is 6.54 Å². The molecule has 1 heterocycles. The Morgan fingerprint density at radius 2 is 1.76 bits per heavy atom. The summed E-state index contributed by atoms with van der Waals surface area (Å²) < 4.78 is 27.2. The normalized spacial score (nSPS) is 15.8. The second-order valence-electron chi connectivity index (χ2n) is 5.80. The lowest BCUT2D eigenvalue weighted by Crippen LogP contribution is -2.30. The first-order chi connectivity index (χ1) is 11.8. The quantitative estimate of drug-likeness (QED) is 0.873. The number of nitrogens with zero attached hydrogens (tertiary/aromatic N) is 1. The lowest BCUT2D eigenvalue weighted by Gasteiger charge is -2.18. The van der Waals surface area contributed by atoms with Crippen LogP contribution in [-0.2, 0) is 19.8 Å². The van der Waals surface area contributed by atoms with Crippen molar-refractivity contribution in [2.75, 3.05) is 16.2 Å². The Morgan fingerprint density at radius 3 is 2.32 bits per heavy atom. The summed E-state index contributed by atoms with van der Waals surface area (Å²) in [5, 5.41) is 2.69. The van der Waals surface area contributed by atoms with E-state index in [1.165, 1.54) is 6.92 Å². The zero-order valence-corrected chi connectivity index (χ0v) is 14.6. The van der Waals surface area contributed by atoms with Gasteiger partial charge in [0.25, 0.3) is 5.91 Å². The number of anilines is 2. The summed E-state index contributed by atoms with van der Waals surface area (Å²) in [5.41, 5.74) is 3.57. The van der Waals surface area contributed by atoms with E-state index in [4.69, 9.17) is 0 Å². The van der Waals surface area contributed by atoms with Gasteiger partial charge in [-0.3, -0.25) is 9.59 Å². The number of amides is 2. The van der Waals surface area contributed by atoms with Gasteiger partial charge >= 0.3 is 10.2 Å². The molecule has 0 radical (unpaired) electrons. The molecule has 1 aliphatic rings. The Balaban J connectivity index is 1.97. The molecule has 0 spiro atoms. The zero-order valence-electron chi connectivity index (χ0n) is 13.7. The third kappa shape index (κ3) is 3.48. The van der Waals surface area contributed by atoms with E-state index in [0.29, 0.717) is 11.4 Å². The monoisotopic (exact) mass is 359 g/mol. The van der Waals surface area contributed by atoms with Crippen molar-refractivity contribution in [3.63, 3.8) is 0 Å². The average Bonchev–Trinajstić information content (AvgIpc) is 2.80. The number of nitrogens with one attached hydrogen (secondary N) is 2. The maximum atomic E-state index is 12.1. The van der Waals surface area contributed by atoms with Gasteiger partial charge in [0.05, 0.1) is 5.69 Å². The van der Waals surface area contributed by atoms with E-state index < -0.39 is 16.1 Å². The molecule has 0 aromatic heterocycles. The van der Waals surface area contributed by atoms with Gasteiger partial charge < -0.3 is 5.32 Å². The molecule has 3 rings (SSSR count). The standard InChI is InChI=1S/C17H17N3O4S/c1-11-3-4-14(13-5-7-15(8-6-13)18-12(2)21)9-16(11)20-10-17(22)19-25(20,23)24/h3-9H,10H2,1-2H3,(H,18,21)(H,19,22). The second kappa shape index (κ2) is 6.21. The molecule has 0 atom stereocenters. The van der Waals surface area contributed by atoms with Crippen LogP contribution in [0.5, 0.6) is 0 Å². The van der Waals surface area contributed by atoms with E-state index in [-0.39, 0.29) is 12.5 Å². The summed E-state index contributed by atoms with van der Waals surface area (Å²) in [6, 6.07) is 12.6. The Kier molecular flexibility index (Phi) is 4.22. The Morgan fingerprint density at radius 1 is 1.12 bits per heavy atom. The number of rotatable bonds is 3. The molecule has 8 heteroatoms. The lowest BCUT2D eigenvalue weighted by molar-refractivity contribution is -0.117. The fourth-order valence-electron chi connectivity index (χ4n) is 2.67. The largest absolute Gasteiger partial charge is 0.326 e. The predicted octanol–water partition coefficient (Wildman–Crippen LogP) is 1.80. The van der Waals surface area contributed by atoms with Crippen molar-refractivity contribution in [2.45, 2.75) is 13.8 Å². The number of aryl methyl sites for hydroxylation is 1. The lowest BCUT2D eigenvalue weighted by atomic mass is 10.0. The summed E-state index contributed by atoms with van der Waals surface area (Å²) in [7, 11) is -3.84. The van der Waals surface area contributed by atoms with Gasteiger partial charge in [-0.2, -0.15) is 8.42 Å². The van der Waals surface area contributed by atoms with Crippen LogP contribution < -0.4 is 14.3 Å². The molecular formula is C17H17N3O4S. The first kappa shape index (κ1) is 17.0. The van der Waals surface area contributed by atoms with Crippen LogP contribution in [0.3, 0.4) is 0 Å². The topological polar surface area (TPSA) is 95.6 Å². The van der Waals surface area contributed by atoms with Crippen molar-refractivity contribution < 1.29 is 18.0 Å². The van der Waals surface area contributed by atoms with E-state index in [2.05, 4.69) is 5.32 Å². The highest BCUT2D eigenvalue weighted by atomic mass is 32.2. The van der Waals surface area contributed by atoms with Crippen LogP contribution in [0.4, 0.5) is 11.4 Å². The summed E-state index contributed by atoms with van der Waals surface area (Å²) >= 11 is 0. The van der Waals surface area contributed by atoms with Crippen molar-refractivity contribution in [3.05, 3.63) is 48.0 Å². The molecule has 2 N–H and O–H groups in total. The fraction of sp³-hybridized carbons (Fsp3) is 0.176. The molecule has 1 saturated heterocycles. The number of hydrogen-bond donors (Lipinski definition) is 2. The van der Waals surface area contributed by atoms with Gasteiger partial charge in [-0.05, 0) is 41.8 Å². The Labute approximate surface area is 145 Å². The number of carbonyl (C=O) groups is 2. The van der Waals surface area contributed by atoms with Crippen LogP contribution >= 0.6 is 0 Å². The smallest absolute Gasteiger partial charge is 0.326 e. The summed E-state index contributed by atoms with van der Waals surface area (Å²) in [6.07, 6.45) is 0. The van der Waals surface area contributed by atoms with Crippen LogP contribution in [0, 0.1) is 6.92 Å². The SMILES string of the molecule is CC(=O)Nc1ccc(-c2ccc(C)c(N3CC(=O)NS3(=O)=O)c2)cc1. The molecule has 2 aromatic carbocycles. The maximum absolute atomic E-state index is 12.1. The summed E-state index contributed by atoms with van der Waals surface area (Å²) in [5.74, 6) is -0.703. The van der Waals surface area contributed by atoms with Crippen LogP contribution in [0.15, 0.2) is 42.5 Å². The van der Waals surface area contributed by atoms with Crippen molar-refractivity contribution in [2.24, 2.45) is 0 Å². The van der Waals surface area contributed by atoms with Crippen molar-refractivity contribution in [1.82, 2.24) is 4.72 Å². The minimum absolute atomic E-state index is 0.151. The predicted molar refractivity (Wildman–Crippen MR) is 95.3 cm³/mol. The molecule has 130 valence electrons. The molecule has 2 amide bonds. The fourth-order valence-corrected chi connectivity index (χ4v) is 3.87. The average molecular weight is 359 g/mol. The van der Waals surface area contributed by atoms with Gasteiger partial charge in [-0.15, -0.1) is 0 Å². The second-order valence-corrected chi connectivity index (χ2v) is 7.39. The summed E-state index contributed by atoms with van der Waals surface area (Å²) in [6.45, 7) is 3.00. The molecule has 1 fully saturated rings. The molecule has 0 unspecified atom stereocenters. The Hall–Kier alpha value is -2.87. The summed E-state index contributed by atoms with van der Waals surface area (Å²) in [4.78, 5) is 22.5. The molecule has 0 saturated carbocycles. The molecule has 1 aliphatic heterocycles. The van der Waals surface area contributed by atoms with Crippen LogP contribution in [0.25, 0.3) is 11.1 Å². The first-order valence-corrected chi connectivity index (χ1v) is 9.02. The van der Waals surface area contributed by atoms with Gasteiger partial charge in [0, 0.05) is 12.6 Å². The molecule has 0 bridgehead atoms. The van der Waals surface area contributed by atoms with Gasteiger partial charge in [0.2, 0.25) is 5.91 Å². The maximum Gasteiger partial charge on any atom is 0.326 e. The van der Waals surface area contributed by atoms with Crippen LogP contribution in [0.2, 0.25) is 0 Å². The number of hydrogen-bond acceptors (Lipinski definition) is 4. The molecule has 25 heavy (non-hydrogen) atoms.